The molecule has 4 aromatic rings. The topological polar surface area (TPSA) is 30.0 Å². The van der Waals surface area contributed by atoms with Gasteiger partial charge in [-0.3, -0.25) is 4.79 Å². The standard InChI is InChI=1S/C20H13NO/c22-20-16-11-5-4-10-15(16)19(14-8-2-1-3-9-14)21-18-13-7-6-12-17(18)20/h1-13H. The molecule has 0 amide bonds. The minimum Gasteiger partial charge on any atom is -0.289 e. The summed E-state index contributed by atoms with van der Waals surface area (Å²) in [5, 5.41) is 2.24. The largest absolute Gasteiger partial charge is 0.289 e. The molecule has 4 rings (SSSR count). The number of para-hydroxylation sites is 1. The number of benzene rings is 3. The molecule has 0 unspecified atom stereocenters. The lowest BCUT2D eigenvalue weighted by Gasteiger charge is -2.01. The van der Waals surface area contributed by atoms with Gasteiger partial charge in [0.2, 0.25) is 0 Å². The molecular formula is C20H13NO. The average molecular weight is 283 g/mol. The van der Waals surface area contributed by atoms with Crippen LogP contribution in [0, 0.1) is 0 Å². The Hall–Kier alpha value is -3.00. The van der Waals surface area contributed by atoms with E-state index in [0.29, 0.717) is 10.8 Å². The van der Waals surface area contributed by atoms with Gasteiger partial charge >= 0.3 is 0 Å². The lowest BCUT2D eigenvalue weighted by Crippen LogP contribution is -1.97. The quantitative estimate of drug-likeness (QED) is 0.518. The van der Waals surface area contributed by atoms with Crippen molar-refractivity contribution in [2.75, 3.05) is 0 Å². The van der Waals surface area contributed by atoms with E-state index >= 15 is 0 Å². The maximum Gasteiger partial charge on any atom is 0.195 e. The first-order valence-electron chi connectivity index (χ1n) is 7.22. The van der Waals surface area contributed by atoms with Gasteiger partial charge < -0.3 is 0 Å². The highest BCUT2D eigenvalue weighted by atomic mass is 16.1. The van der Waals surface area contributed by atoms with Crippen LogP contribution in [0.2, 0.25) is 0 Å². The van der Waals surface area contributed by atoms with Crippen LogP contribution in [0.1, 0.15) is 0 Å². The Bertz CT molecular complexity index is 1040. The molecule has 0 N–H and O–H groups in total. The number of hydrogen-bond donors (Lipinski definition) is 0. The number of fused-ring (bicyclic) bond motifs is 2. The zero-order valence-corrected chi connectivity index (χ0v) is 11.9. The molecule has 1 heterocycles. The van der Waals surface area contributed by atoms with E-state index in [1.807, 2.05) is 78.9 Å². The maximum absolute atomic E-state index is 12.8. The van der Waals surface area contributed by atoms with Crippen LogP contribution >= 0.6 is 0 Å². The third-order valence-corrected chi connectivity index (χ3v) is 3.85. The average Bonchev–Trinajstić information content (AvgIpc) is 2.72. The second-order valence-electron chi connectivity index (χ2n) is 5.22. The van der Waals surface area contributed by atoms with Gasteiger partial charge in [0.1, 0.15) is 0 Å². The van der Waals surface area contributed by atoms with Crippen LogP contribution in [0.5, 0.6) is 0 Å². The smallest absolute Gasteiger partial charge is 0.195 e. The summed E-state index contributed by atoms with van der Waals surface area (Å²) in [5.74, 6) is 0. The highest BCUT2D eigenvalue weighted by Gasteiger charge is 2.09. The molecule has 2 nitrogen and oxygen atoms in total. The fraction of sp³-hybridized carbons (Fsp3) is 0. The Balaban J connectivity index is 2.29. The minimum atomic E-state index is 0.0286. The summed E-state index contributed by atoms with van der Waals surface area (Å²) in [4.78, 5) is 17.6. The van der Waals surface area contributed by atoms with Crippen molar-refractivity contribution >= 4 is 21.7 Å². The third-order valence-electron chi connectivity index (χ3n) is 3.85. The number of nitrogens with zero attached hydrogens (tertiary/aromatic N) is 1. The van der Waals surface area contributed by atoms with Crippen molar-refractivity contribution < 1.29 is 0 Å². The predicted octanol–water partition coefficient (Wildman–Crippen LogP) is 4.42. The Morgan fingerprint density at radius 1 is 0.591 bits per heavy atom. The van der Waals surface area contributed by atoms with E-state index in [0.717, 1.165) is 22.2 Å². The molecule has 22 heavy (non-hydrogen) atoms. The normalized spacial score (nSPS) is 10.9. The van der Waals surface area contributed by atoms with Gasteiger partial charge in [-0.1, -0.05) is 66.7 Å². The summed E-state index contributed by atoms with van der Waals surface area (Å²) in [6.45, 7) is 0. The van der Waals surface area contributed by atoms with E-state index in [1.165, 1.54) is 0 Å². The van der Waals surface area contributed by atoms with E-state index < -0.39 is 0 Å². The van der Waals surface area contributed by atoms with Crippen molar-refractivity contribution in [1.82, 2.24) is 4.98 Å². The molecule has 0 spiro atoms. The molecule has 2 heteroatoms. The van der Waals surface area contributed by atoms with Crippen molar-refractivity contribution in [3.63, 3.8) is 0 Å². The van der Waals surface area contributed by atoms with Crippen molar-refractivity contribution in [3.05, 3.63) is 89.1 Å². The Labute approximate surface area is 127 Å². The first kappa shape index (κ1) is 12.7. The van der Waals surface area contributed by atoms with E-state index in [4.69, 9.17) is 4.98 Å². The first-order valence-corrected chi connectivity index (χ1v) is 7.22. The molecule has 0 radical (unpaired) electrons. The zero-order valence-electron chi connectivity index (χ0n) is 11.9. The number of hydrogen-bond acceptors (Lipinski definition) is 2. The van der Waals surface area contributed by atoms with Crippen LogP contribution in [0.3, 0.4) is 0 Å². The molecule has 0 saturated carbocycles. The molecule has 0 bridgehead atoms. The summed E-state index contributed by atoms with van der Waals surface area (Å²) >= 11 is 0. The molecule has 1 aromatic heterocycles. The molecule has 0 atom stereocenters. The van der Waals surface area contributed by atoms with E-state index in [9.17, 15) is 4.79 Å². The van der Waals surface area contributed by atoms with Gasteiger partial charge in [-0.25, -0.2) is 4.98 Å². The Kier molecular flexibility index (Phi) is 2.94. The molecular weight excluding hydrogens is 270 g/mol. The van der Waals surface area contributed by atoms with Gasteiger partial charge in [0.25, 0.3) is 0 Å². The second kappa shape index (κ2) is 5.08. The lowest BCUT2D eigenvalue weighted by molar-refractivity contribution is 1.44. The Morgan fingerprint density at radius 2 is 1.18 bits per heavy atom. The summed E-state index contributed by atoms with van der Waals surface area (Å²) < 4.78 is 0. The highest BCUT2D eigenvalue weighted by molar-refractivity contribution is 5.99. The van der Waals surface area contributed by atoms with Gasteiger partial charge in [0.15, 0.2) is 5.43 Å². The van der Waals surface area contributed by atoms with E-state index in [1.54, 1.807) is 0 Å². The molecule has 104 valence electrons. The van der Waals surface area contributed by atoms with Crippen molar-refractivity contribution in [1.29, 1.82) is 0 Å². The highest BCUT2D eigenvalue weighted by Crippen LogP contribution is 2.26. The fourth-order valence-corrected chi connectivity index (χ4v) is 2.79. The number of aromatic nitrogens is 1. The second-order valence-corrected chi connectivity index (χ2v) is 5.22. The fourth-order valence-electron chi connectivity index (χ4n) is 2.79. The molecule has 3 aromatic carbocycles. The van der Waals surface area contributed by atoms with E-state index in [2.05, 4.69) is 0 Å². The maximum atomic E-state index is 12.8. The van der Waals surface area contributed by atoms with Gasteiger partial charge in [0, 0.05) is 21.7 Å². The number of rotatable bonds is 1. The summed E-state index contributed by atoms with van der Waals surface area (Å²) in [6.07, 6.45) is 0. The predicted molar refractivity (Wildman–Crippen MR) is 91.0 cm³/mol. The minimum absolute atomic E-state index is 0.0286. The van der Waals surface area contributed by atoms with Gasteiger partial charge in [0.05, 0.1) is 11.2 Å². The van der Waals surface area contributed by atoms with Crippen LogP contribution in [-0.2, 0) is 0 Å². The lowest BCUT2D eigenvalue weighted by atomic mass is 10.1. The van der Waals surface area contributed by atoms with Crippen molar-refractivity contribution in [2.24, 2.45) is 0 Å². The molecule has 0 aliphatic heterocycles. The van der Waals surface area contributed by atoms with Crippen LogP contribution in [0.25, 0.3) is 32.9 Å². The van der Waals surface area contributed by atoms with Crippen molar-refractivity contribution in [3.8, 4) is 11.3 Å². The van der Waals surface area contributed by atoms with Gasteiger partial charge in [-0.15, -0.1) is 0 Å². The Morgan fingerprint density at radius 3 is 1.95 bits per heavy atom. The zero-order chi connectivity index (χ0) is 14.9. The van der Waals surface area contributed by atoms with E-state index in [-0.39, 0.29) is 5.43 Å². The van der Waals surface area contributed by atoms with Crippen LogP contribution in [0.4, 0.5) is 0 Å². The van der Waals surface area contributed by atoms with Crippen molar-refractivity contribution in [2.45, 2.75) is 0 Å². The van der Waals surface area contributed by atoms with Gasteiger partial charge in [-0.2, -0.15) is 0 Å². The van der Waals surface area contributed by atoms with Crippen LogP contribution < -0.4 is 5.43 Å². The molecule has 0 aliphatic rings. The SMILES string of the molecule is O=c1c2ccccc2nc(-c2ccccc2)c2ccccc12. The summed E-state index contributed by atoms with van der Waals surface area (Å²) in [6, 6.07) is 25.2. The summed E-state index contributed by atoms with van der Waals surface area (Å²) in [5.41, 5.74) is 2.61. The summed E-state index contributed by atoms with van der Waals surface area (Å²) in [7, 11) is 0. The van der Waals surface area contributed by atoms with Crippen LogP contribution in [0.15, 0.2) is 83.7 Å². The first-order chi connectivity index (χ1) is 10.8. The third kappa shape index (κ3) is 1.97. The monoisotopic (exact) mass is 283 g/mol. The molecule has 0 fully saturated rings. The molecule has 0 aliphatic carbocycles. The van der Waals surface area contributed by atoms with Crippen LogP contribution in [-0.4, -0.2) is 4.98 Å². The molecule has 0 saturated heterocycles. The van der Waals surface area contributed by atoms with Gasteiger partial charge in [-0.05, 0) is 12.1 Å².